The number of primary amides is 1. The maximum atomic E-state index is 12.6. The first-order chi connectivity index (χ1) is 12.7. The molecule has 2 atom stereocenters. The van der Waals surface area contributed by atoms with Gasteiger partial charge in [0.05, 0.1) is 25.6 Å². The number of nitrogens with two attached hydrogens (primary N) is 1. The Bertz CT molecular complexity index is 696. The van der Waals surface area contributed by atoms with Crippen LogP contribution in [0.1, 0.15) is 41.8 Å². The molecule has 0 fully saturated rings. The van der Waals surface area contributed by atoms with Gasteiger partial charge >= 0.3 is 11.9 Å². The van der Waals surface area contributed by atoms with Crippen molar-refractivity contribution in [2.75, 3.05) is 13.2 Å². The second kappa shape index (κ2) is 10.3. The molecule has 3 N–H and O–H groups in total. The maximum absolute atomic E-state index is 12.6. The topological polar surface area (TPSA) is 125 Å². The molecule has 27 heavy (non-hydrogen) atoms. The molecule has 0 aliphatic rings. The van der Waals surface area contributed by atoms with Crippen LogP contribution < -0.4 is 11.1 Å². The van der Waals surface area contributed by atoms with Gasteiger partial charge in [0.15, 0.2) is 0 Å². The van der Waals surface area contributed by atoms with Crippen LogP contribution in [0.25, 0.3) is 0 Å². The molecule has 1 aromatic carbocycles. The quantitative estimate of drug-likeness (QED) is 0.618. The highest BCUT2D eigenvalue weighted by Gasteiger charge is 2.37. The zero-order valence-corrected chi connectivity index (χ0v) is 16.0. The zero-order valence-electron chi connectivity index (χ0n) is 16.0. The Hall–Kier alpha value is -2.90. The lowest BCUT2D eigenvalue weighted by Gasteiger charge is -2.23. The van der Waals surface area contributed by atoms with Gasteiger partial charge in [-0.1, -0.05) is 17.2 Å². The highest BCUT2D eigenvalue weighted by Crippen LogP contribution is 2.15. The third-order valence-corrected chi connectivity index (χ3v) is 3.76. The molecule has 0 aromatic heterocycles. The smallest absolute Gasteiger partial charge is 0.312 e. The van der Waals surface area contributed by atoms with Crippen LogP contribution in [0.5, 0.6) is 0 Å². The van der Waals surface area contributed by atoms with Gasteiger partial charge in [0.1, 0.15) is 6.04 Å². The van der Waals surface area contributed by atoms with E-state index in [2.05, 4.69) is 5.32 Å². The predicted octanol–water partition coefficient (Wildman–Crippen LogP) is 1.02. The molecule has 1 rings (SSSR count). The Labute approximate surface area is 158 Å². The minimum absolute atomic E-state index is 0.0503. The van der Waals surface area contributed by atoms with Gasteiger partial charge in [-0.25, -0.2) is 0 Å². The van der Waals surface area contributed by atoms with Gasteiger partial charge in [-0.3, -0.25) is 19.2 Å². The van der Waals surface area contributed by atoms with Crippen LogP contribution in [-0.2, 0) is 23.9 Å². The lowest BCUT2D eigenvalue weighted by atomic mass is 9.94. The minimum atomic E-state index is -1.42. The first-order valence-electron chi connectivity index (χ1n) is 8.70. The van der Waals surface area contributed by atoms with Gasteiger partial charge in [-0.2, -0.15) is 0 Å². The van der Waals surface area contributed by atoms with E-state index in [0.717, 1.165) is 11.1 Å². The van der Waals surface area contributed by atoms with E-state index in [0.29, 0.717) is 5.56 Å². The van der Waals surface area contributed by atoms with Crippen molar-refractivity contribution in [3.8, 4) is 0 Å². The number of aryl methyl sites for hydroxylation is 2. The monoisotopic (exact) mass is 378 g/mol. The molecule has 0 spiro atoms. The molecule has 0 saturated carbocycles. The summed E-state index contributed by atoms with van der Waals surface area (Å²) in [4.78, 5) is 48.6. The van der Waals surface area contributed by atoms with Crippen LogP contribution in [0.4, 0.5) is 0 Å². The van der Waals surface area contributed by atoms with Crippen molar-refractivity contribution in [3.63, 3.8) is 0 Å². The van der Waals surface area contributed by atoms with Gasteiger partial charge in [-0.15, -0.1) is 0 Å². The third-order valence-electron chi connectivity index (χ3n) is 3.76. The normalized spacial score (nSPS) is 12.6. The summed E-state index contributed by atoms with van der Waals surface area (Å²) in [5.74, 6) is -4.31. The Morgan fingerprint density at radius 1 is 1.00 bits per heavy atom. The second-order valence-electron chi connectivity index (χ2n) is 6.10. The van der Waals surface area contributed by atoms with Crippen LogP contribution in [0.2, 0.25) is 0 Å². The molecule has 0 bridgehead atoms. The van der Waals surface area contributed by atoms with Crippen molar-refractivity contribution in [1.29, 1.82) is 0 Å². The van der Waals surface area contributed by atoms with Crippen molar-refractivity contribution in [1.82, 2.24) is 5.32 Å². The third kappa shape index (κ3) is 6.73. The molecule has 8 nitrogen and oxygen atoms in total. The fourth-order valence-corrected chi connectivity index (χ4v) is 2.69. The van der Waals surface area contributed by atoms with E-state index in [-0.39, 0.29) is 13.2 Å². The van der Waals surface area contributed by atoms with E-state index < -0.39 is 42.1 Å². The van der Waals surface area contributed by atoms with Gasteiger partial charge in [-0.05, 0) is 39.8 Å². The Kier molecular flexibility index (Phi) is 8.44. The van der Waals surface area contributed by atoms with Gasteiger partial charge in [0, 0.05) is 5.56 Å². The molecule has 0 aliphatic heterocycles. The van der Waals surface area contributed by atoms with E-state index in [1.165, 1.54) is 0 Å². The summed E-state index contributed by atoms with van der Waals surface area (Å²) in [5.41, 5.74) is 7.44. The molecule has 0 aliphatic carbocycles. The zero-order chi connectivity index (χ0) is 20.6. The van der Waals surface area contributed by atoms with Crippen molar-refractivity contribution < 1.29 is 28.7 Å². The van der Waals surface area contributed by atoms with Crippen LogP contribution in [0.3, 0.4) is 0 Å². The molecule has 0 unspecified atom stereocenters. The van der Waals surface area contributed by atoms with Gasteiger partial charge < -0.3 is 20.5 Å². The number of hydrogen-bond donors (Lipinski definition) is 2. The molecule has 1 aromatic rings. The first-order valence-corrected chi connectivity index (χ1v) is 8.70. The van der Waals surface area contributed by atoms with E-state index in [1.807, 2.05) is 19.9 Å². The van der Waals surface area contributed by atoms with Crippen molar-refractivity contribution in [2.45, 2.75) is 40.2 Å². The summed E-state index contributed by atoms with van der Waals surface area (Å²) in [7, 11) is 0. The summed E-state index contributed by atoms with van der Waals surface area (Å²) in [6.45, 7) is 7.03. The SMILES string of the molecule is CCOC(=O)C[C@@H](C(=O)OCC)[C@@H](NC(=O)c1cc(C)cc(C)c1)C(N)=O. The highest BCUT2D eigenvalue weighted by molar-refractivity contribution is 5.99. The summed E-state index contributed by atoms with van der Waals surface area (Å²) in [5, 5.41) is 2.45. The molecule has 0 radical (unpaired) electrons. The number of benzene rings is 1. The Morgan fingerprint density at radius 3 is 2.04 bits per heavy atom. The number of hydrogen-bond acceptors (Lipinski definition) is 6. The largest absolute Gasteiger partial charge is 0.466 e. The molecule has 0 saturated heterocycles. The second-order valence-corrected chi connectivity index (χ2v) is 6.10. The fourth-order valence-electron chi connectivity index (χ4n) is 2.69. The number of rotatable bonds is 9. The lowest BCUT2D eigenvalue weighted by molar-refractivity contribution is -0.156. The van der Waals surface area contributed by atoms with Crippen LogP contribution >= 0.6 is 0 Å². The molecular weight excluding hydrogens is 352 g/mol. The molecule has 8 heteroatoms. The van der Waals surface area contributed by atoms with Gasteiger partial charge in [0.25, 0.3) is 5.91 Å². The molecular formula is C19H26N2O6. The highest BCUT2D eigenvalue weighted by atomic mass is 16.5. The fraction of sp³-hybridized carbons (Fsp3) is 0.474. The predicted molar refractivity (Wildman–Crippen MR) is 97.7 cm³/mol. The van der Waals surface area contributed by atoms with Crippen molar-refractivity contribution in [3.05, 3.63) is 34.9 Å². The summed E-state index contributed by atoms with van der Waals surface area (Å²) in [6, 6.07) is 3.77. The summed E-state index contributed by atoms with van der Waals surface area (Å²) < 4.78 is 9.77. The Morgan fingerprint density at radius 2 is 1.56 bits per heavy atom. The van der Waals surface area contributed by atoms with Crippen LogP contribution in [0, 0.1) is 19.8 Å². The van der Waals surface area contributed by atoms with Crippen molar-refractivity contribution in [2.24, 2.45) is 11.7 Å². The lowest BCUT2D eigenvalue weighted by Crippen LogP contribution is -2.52. The number of carbonyl (C=O) groups is 4. The van der Waals surface area contributed by atoms with E-state index in [1.54, 1.807) is 26.0 Å². The van der Waals surface area contributed by atoms with E-state index in [4.69, 9.17) is 15.2 Å². The molecule has 148 valence electrons. The summed E-state index contributed by atoms with van der Waals surface area (Å²) >= 11 is 0. The van der Waals surface area contributed by atoms with Crippen LogP contribution in [0.15, 0.2) is 18.2 Å². The average Bonchev–Trinajstić information content (AvgIpc) is 2.57. The number of carbonyl (C=O) groups excluding carboxylic acids is 4. The molecule has 2 amide bonds. The number of ether oxygens (including phenoxy) is 2. The van der Waals surface area contributed by atoms with E-state index in [9.17, 15) is 19.2 Å². The van der Waals surface area contributed by atoms with Crippen molar-refractivity contribution >= 4 is 23.8 Å². The summed E-state index contributed by atoms with van der Waals surface area (Å²) in [6.07, 6.45) is -0.437. The molecule has 0 heterocycles. The average molecular weight is 378 g/mol. The minimum Gasteiger partial charge on any atom is -0.466 e. The van der Waals surface area contributed by atoms with E-state index >= 15 is 0 Å². The number of esters is 2. The first kappa shape index (κ1) is 22.1. The number of nitrogens with one attached hydrogen (secondary N) is 1. The maximum Gasteiger partial charge on any atom is 0.312 e. The number of amides is 2. The van der Waals surface area contributed by atoms with Gasteiger partial charge in [0.2, 0.25) is 5.91 Å². The standard InChI is InChI=1S/C19H26N2O6/c1-5-26-15(22)10-14(19(25)27-6-2)16(17(20)23)21-18(24)13-8-11(3)7-12(4)9-13/h7-9,14,16H,5-6,10H2,1-4H3,(H2,20,23)(H,21,24)/t14-,16-/m1/s1. The van der Waals surface area contributed by atoms with Crippen LogP contribution in [-0.4, -0.2) is 43.0 Å². The Balaban J connectivity index is 3.11.